The van der Waals surface area contributed by atoms with Crippen LogP contribution in [-0.2, 0) is 4.79 Å². The molecule has 1 rings (SSSR count). The maximum Gasteiger partial charge on any atom is 0.242 e. The largest absolute Gasteiger partial charge is 0.324 e. The van der Waals surface area contributed by atoms with E-state index in [9.17, 15) is 4.79 Å². The van der Waals surface area contributed by atoms with Gasteiger partial charge in [0.1, 0.15) is 5.38 Å². The maximum atomic E-state index is 12.7. The van der Waals surface area contributed by atoms with E-state index in [-0.39, 0.29) is 5.91 Å². The molecule has 172 valence electrons. The van der Waals surface area contributed by atoms with Crippen molar-refractivity contribution in [2.24, 2.45) is 0 Å². The summed E-state index contributed by atoms with van der Waals surface area (Å²) in [4.78, 5) is 12.7. The molecule has 1 N–H and O–H groups in total. The van der Waals surface area contributed by atoms with Gasteiger partial charge in [-0.15, -0.1) is 11.6 Å². The maximum absolute atomic E-state index is 12.7. The molecule has 1 amide bonds. The monoisotopic (exact) mass is 435 g/mol. The average Bonchev–Trinajstić information content (AvgIpc) is 2.71. The van der Waals surface area contributed by atoms with Gasteiger partial charge in [0.2, 0.25) is 5.91 Å². The summed E-state index contributed by atoms with van der Waals surface area (Å²) in [5, 5.41) is 2.71. The highest BCUT2D eigenvalue weighted by molar-refractivity contribution is 6.32. The molecule has 0 saturated heterocycles. The van der Waals surface area contributed by atoms with Crippen LogP contribution in [0.15, 0.2) is 18.2 Å². The minimum absolute atomic E-state index is 0.0567. The second-order valence-corrected chi connectivity index (χ2v) is 9.93. The van der Waals surface area contributed by atoms with Crippen molar-refractivity contribution in [1.82, 2.24) is 0 Å². The van der Waals surface area contributed by atoms with Crippen molar-refractivity contribution in [3.05, 3.63) is 29.3 Å². The van der Waals surface area contributed by atoms with Crippen LogP contribution in [0.4, 0.5) is 5.69 Å². The molecule has 2 nitrogen and oxygen atoms in total. The van der Waals surface area contributed by atoms with Crippen LogP contribution >= 0.6 is 11.6 Å². The fraction of sp³-hybridized carbons (Fsp3) is 0.741. The van der Waals surface area contributed by atoms with Gasteiger partial charge in [-0.1, -0.05) is 123 Å². The number of amides is 1. The van der Waals surface area contributed by atoms with E-state index in [1.54, 1.807) is 0 Å². The van der Waals surface area contributed by atoms with Gasteiger partial charge in [0, 0.05) is 5.69 Å². The fourth-order valence-corrected chi connectivity index (χ4v) is 4.22. The van der Waals surface area contributed by atoms with Crippen molar-refractivity contribution in [2.75, 3.05) is 5.32 Å². The first-order valence-electron chi connectivity index (χ1n) is 12.5. The summed E-state index contributed by atoms with van der Waals surface area (Å²) < 4.78 is 0. The summed E-state index contributed by atoms with van der Waals surface area (Å²) in [6, 6.07) is 6.31. The Morgan fingerprint density at radius 3 is 1.67 bits per heavy atom. The Morgan fingerprint density at radius 2 is 1.23 bits per heavy atom. The molecule has 1 aromatic carbocycles. The molecule has 0 radical (unpaired) electrons. The lowest BCUT2D eigenvalue weighted by Gasteiger charge is -2.21. The number of hydrogen-bond donors (Lipinski definition) is 1. The van der Waals surface area contributed by atoms with Gasteiger partial charge in [-0.3, -0.25) is 4.79 Å². The molecule has 1 aromatic rings. The van der Waals surface area contributed by atoms with Crippen molar-refractivity contribution < 1.29 is 4.79 Å². The summed E-state index contributed by atoms with van der Waals surface area (Å²) >= 11 is 6.46. The normalized spacial score (nSPS) is 12.5. The van der Waals surface area contributed by atoms with Crippen LogP contribution in [0, 0.1) is 0 Å². The zero-order valence-electron chi connectivity index (χ0n) is 20.2. The molecule has 0 spiro atoms. The minimum atomic E-state index is -0.455. The number of alkyl halides is 1. The van der Waals surface area contributed by atoms with Crippen molar-refractivity contribution in [3.63, 3.8) is 0 Å². The highest BCUT2D eigenvalue weighted by atomic mass is 35.5. The molecule has 0 aliphatic heterocycles. The molecule has 1 unspecified atom stereocenters. The molecule has 1 atom stereocenters. The molecule has 0 bridgehead atoms. The Labute approximate surface area is 191 Å². The van der Waals surface area contributed by atoms with Crippen molar-refractivity contribution in [3.8, 4) is 0 Å². The molecule has 0 aromatic heterocycles. The third-order valence-corrected chi connectivity index (χ3v) is 6.38. The average molecular weight is 436 g/mol. The van der Waals surface area contributed by atoms with Gasteiger partial charge in [-0.25, -0.2) is 0 Å². The van der Waals surface area contributed by atoms with E-state index in [1.165, 1.54) is 75.3 Å². The predicted octanol–water partition coefficient (Wildman–Crippen LogP) is 9.18. The number of halogens is 1. The number of carbonyl (C=O) groups excluding carboxylic acids is 1. The van der Waals surface area contributed by atoms with Crippen LogP contribution in [0.2, 0.25) is 0 Å². The van der Waals surface area contributed by atoms with Crippen LogP contribution in [0.5, 0.6) is 0 Å². The first kappa shape index (κ1) is 27.0. The fourth-order valence-electron chi connectivity index (χ4n) is 4.02. The standard InChI is InChI=1S/C27H46ClNO/c1-6-7-8-9-10-11-12-13-14-15-16-20-25(28)27(30)29-26-23(21(2)3)18-17-19-24(26)22(4)5/h17-19,21-22,25H,6-16,20H2,1-5H3,(H,29,30). The third-order valence-electron chi connectivity index (χ3n) is 5.97. The number of benzene rings is 1. The summed E-state index contributed by atoms with van der Waals surface area (Å²) in [7, 11) is 0. The van der Waals surface area contributed by atoms with Gasteiger partial charge < -0.3 is 5.32 Å². The Hall–Kier alpha value is -1.02. The van der Waals surface area contributed by atoms with E-state index in [2.05, 4.69) is 58.1 Å². The predicted molar refractivity (Wildman–Crippen MR) is 134 cm³/mol. The van der Waals surface area contributed by atoms with E-state index in [1.807, 2.05) is 0 Å². The van der Waals surface area contributed by atoms with Gasteiger partial charge in [0.15, 0.2) is 0 Å². The zero-order valence-corrected chi connectivity index (χ0v) is 21.0. The number of nitrogens with one attached hydrogen (secondary N) is 1. The SMILES string of the molecule is CCCCCCCCCCCCCC(Cl)C(=O)Nc1c(C(C)C)cccc1C(C)C. The zero-order chi connectivity index (χ0) is 22.4. The van der Waals surface area contributed by atoms with Gasteiger partial charge in [-0.2, -0.15) is 0 Å². The van der Waals surface area contributed by atoms with Gasteiger partial charge in [0.05, 0.1) is 0 Å². The molecule has 0 saturated carbocycles. The molecule has 30 heavy (non-hydrogen) atoms. The molecular weight excluding hydrogens is 390 g/mol. The van der Waals surface area contributed by atoms with Crippen LogP contribution in [-0.4, -0.2) is 11.3 Å². The minimum Gasteiger partial charge on any atom is -0.324 e. The number of unbranched alkanes of at least 4 members (excludes halogenated alkanes) is 10. The highest BCUT2D eigenvalue weighted by Gasteiger charge is 2.20. The van der Waals surface area contributed by atoms with Gasteiger partial charge >= 0.3 is 0 Å². The van der Waals surface area contributed by atoms with Crippen molar-refractivity contribution in [1.29, 1.82) is 0 Å². The van der Waals surface area contributed by atoms with E-state index in [0.717, 1.165) is 18.5 Å². The molecular formula is C27H46ClNO. The molecule has 0 aliphatic carbocycles. The number of rotatable bonds is 16. The summed E-state index contributed by atoms with van der Waals surface area (Å²) in [6.07, 6.45) is 15.1. The quantitative estimate of drug-likeness (QED) is 0.203. The lowest BCUT2D eigenvalue weighted by Crippen LogP contribution is -2.25. The second kappa shape index (κ2) is 15.7. The molecule has 0 aliphatic rings. The van der Waals surface area contributed by atoms with Crippen LogP contribution in [0.1, 0.15) is 135 Å². The Morgan fingerprint density at radius 1 is 0.800 bits per heavy atom. The number of carbonyl (C=O) groups is 1. The molecule has 0 fully saturated rings. The number of hydrogen-bond acceptors (Lipinski definition) is 1. The molecule has 3 heteroatoms. The Kier molecular flexibility index (Phi) is 14.2. The first-order valence-corrected chi connectivity index (χ1v) is 12.9. The second-order valence-electron chi connectivity index (χ2n) is 9.40. The van der Waals surface area contributed by atoms with E-state index < -0.39 is 5.38 Å². The van der Waals surface area contributed by atoms with Gasteiger partial charge in [0.25, 0.3) is 0 Å². The molecule has 0 heterocycles. The smallest absolute Gasteiger partial charge is 0.242 e. The van der Waals surface area contributed by atoms with Gasteiger partial charge in [-0.05, 0) is 29.4 Å². The lowest BCUT2D eigenvalue weighted by molar-refractivity contribution is -0.116. The van der Waals surface area contributed by atoms with Crippen molar-refractivity contribution >= 4 is 23.2 Å². The number of para-hydroxylation sites is 1. The van der Waals surface area contributed by atoms with Crippen LogP contribution in [0.25, 0.3) is 0 Å². The lowest BCUT2D eigenvalue weighted by atomic mass is 9.92. The first-order chi connectivity index (χ1) is 14.4. The Balaban J connectivity index is 2.33. The van der Waals surface area contributed by atoms with E-state index in [4.69, 9.17) is 11.6 Å². The highest BCUT2D eigenvalue weighted by Crippen LogP contribution is 2.32. The van der Waals surface area contributed by atoms with Crippen LogP contribution < -0.4 is 5.32 Å². The topological polar surface area (TPSA) is 29.1 Å². The number of anilines is 1. The van der Waals surface area contributed by atoms with Crippen molar-refractivity contribution in [2.45, 2.75) is 129 Å². The Bertz CT molecular complexity index is 570. The van der Waals surface area contributed by atoms with Crippen LogP contribution in [0.3, 0.4) is 0 Å². The van der Waals surface area contributed by atoms with E-state index in [0.29, 0.717) is 11.8 Å². The summed E-state index contributed by atoms with van der Waals surface area (Å²) in [6.45, 7) is 10.9. The summed E-state index contributed by atoms with van der Waals surface area (Å²) in [5.41, 5.74) is 3.35. The summed E-state index contributed by atoms with van der Waals surface area (Å²) in [5.74, 6) is 0.664. The third kappa shape index (κ3) is 10.3. The van der Waals surface area contributed by atoms with E-state index >= 15 is 0 Å².